The Morgan fingerprint density at radius 1 is 1.08 bits per heavy atom. The third-order valence-corrected chi connectivity index (χ3v) is 8.48. The summed E-state index contributed by atoms with van der Waals surface area (Å²) in [5.74, 6) is -0.915. The smallest absolute Gasteiger partial charge is 0.240 e. The number of rotatable bonds is 6. The number of amides is 2. The lowest BCUT2D eigenvalue weighted by Crippen LogP contribution is -2.52. The van der Waals surface area contributed by atoms with Gasteiger partial charge >= 0.3 is 0 Å². The number of fused-ring (bicyclic) bond motifs is 2. The highest BCUT2D eigenvalue weighted by molar-refractivity contribution is 6.25. The number of aliphatic hydroxyl groups is 1. The molecule has 8 heteroatoms. The van der Waals surface area contributed by atoms with E-state index in [2.05, 4.69) is 16.0 Å². The van der Waals surface area contributed by atoms with Gasteiger partial charge in [0, 0.05) is 28.5 Å². The molecule has 0 spiro atoms. The van der Waals surface area contributed by atoms with E-state index in [1.165, 1.54) is 4.90 Å². The van der Waals surface area contributed by atoms with Gasteiger partial charge in [-0.15, -0.1) is 0 Å². The first kappa shape index (κ1) is 26.8. The highest BCUT2D eigenvalue weighted by Gasteiger charge is 2.64. The number of hydrogen-bond acceptors (Lipinski definition) is 7. The third kappa shape index (κ3) is 4.55. The second kappa shape index (κ2) is 9.73. The van der Waals surface area contributed by atoms with E-state index in [0.717, 1.165) is 5.69 Å². The second-order valence-electron chi connectivity index (χ2n) is 11.7. The number of imide groups is 1. The van der Waals surface area contributed by atoms with E-state index in [1.54, 1.807) is 25.1 Å². The maximum absolute atomic E-state index is 14.1. The number of benzene rings is 2. The highest BCUT2D eigenvalue weighted by atomic mass is 16.5. The van der Waals surface area contributed by atoms with Gasteiger partial charge in [-0.1, -0.05) is 45.0 Å². The van der Waals surface area contributed by atoms with Gasteiger partial charge in [-0.25, -0.2) is 9.88 Å². The minimum absolute atomic E-state index is 0.164. The Morgan fingerprint density at radius 3 is 2.46 bits per heavy atom. The van der Waals surface area contributed by atoms with Gasteiger partial charge in [0.25, 0.3) is 0 Å². The van der Waals surface area contributed by atoms with E-state index >= 15 is 0 Å². The average Bonchev–Trinajstić information content (AvgIpc) is 3.17. The number of hydrogen-bond donors (Lipinski definition) is 1. The fourth-order valence-electron chi connectivity index (χ4n) is 6.22. The summed E-state index contributed by atoms with van der Waals surface area (Å²) in [5.41, 5.74) is -0.142. The molecule has 1 saturated heterocycles. The summed E-state index contributed by atoms with van der Waals surface area (Å²) in [7, 11) is 0. The van der Waals surface area contributed by atoms with Crippen LogP contribution in [-0.4, -0.2) is 39.1 Å². The zero-order valence-electron chi connectivity index (χ0n) is 23.1. The standard InChI is InChI=1S/C31H34N4O4/c1-18(2)27-33-19(3)16-24(34-27)39-15-14-30(4)12-13-31(5,38)26-25(30)28(36)35(29(26)37)23-11-10-20(17-32)21-8-6-7-9-22(21)23/h6-11,16,18,25-26,38H,12-15H2,1-5H3/t25-,26+,30-,31+/m0/s1. The molecule has 2 fully saturated rings. The van der Waals surface area contributed by atoms with Gasteiger partial charge in [0.15, 0.2) is 0 Å². The molecule has 2 aliphatic rings. The lowest BCUT2D eigenvalue weighted by Gasteiger charge is -2.47. The molecule has 3 aromatic rings. The Morgan fingerprint density at radius 2 is 1.77 bits per heavy atom. The zero-order valence-corrected chi connectivity index (χ0v) is 23.1. The molecule has 1 N–H and O–H groups in total. The Kier molecular flexibility index (Phi) is 6.68. The molecule has 8 nitrogen and oxygen atoms in total. The predicted molar refractivity (Wildman–Crippen MR) is 147 cm³/mol. The normalized spacial score (nSPS) is 26.7. The second-order valence-corrected chi connectivity index (χ2v) is 11.7. The van der Waals surface area contributed by atoms with Crippen molar-refractivity contribution in [2.75, 3.05) is 11.5 Å². The molecule has 4 atom stereocenters. The number of aryl methyl sites for hydroxylation is 1. The molecule has 0 unspecified atom stereocenters. The number of aromatic nitrogens is 2. The largest absolute Gasteiger partial charge is 0.478 e. The zero-order chi connectivity index (χ0) is 28.1. The summed E-state index contributed by atoms with van der Waals surface area (Å²) < 4.78 is 6.05. The molecule has 2 aromatic carbocycles. The van der Waals surface area contributed by atoms with E-state index in [-0.39, 0.29) is 11.8 Å². The number of nitrogens with zero attached hydrogens (tertiary/aromatic N) is 4. The first-order chi connectivity index (χ1) is 18.5. The average molecular weight is 527 g/mol. The van der Waals surface area contributed by atoms with Crippen molar-refractivity contribution in [3.8, 4) is 11.9 Å². The Labute approximate surface area is 228 Å². The molecular formula is C31H34N4O4. The van der Waals surface area contributed by atoms with Crippen LogP contribution in [0.2, 0.25) is 0 Å². The first-order valence-corrected chi connectivity index (χ1v) is 13.5. The lowest BCUT2D eigenvalue weighted by molar-refractivity contribution is -0.148. The maximum Gasteiger partial charge on any atom is 0.240 e. The molecular weight excluding hydrogens is 492 g/mol. The Balaban J connectivity index is 1.46. The van der Waals surface area contributed by atoms with Crippen LogP contribution in [0.5, 0.6) is 5.88 Å². The summed E-state index contributed by atoms with van der Waals surface area (Å²) >= 11 is 0. The Hall–Kier alpha value is -3.83. The van der Waals surface area contributed by atoms with Gasteiger partial charge in [-0.2, -0.15) is 10.2 Å². The van der Waals surface area contributed by atoms with Crippen LogP contribution in [0.4, 0.5) is 5.69 Å². The van der Waals surface area contributed by atoms with E-state index in [0.29, 0.717) is 59.6 Å². The van der Waals surface area contributed by atoms with E-state index in [1.807, 2.05) is 52.0 Å². The van der Waals surface area contributed by atoms with Crippen molar-refractivity contribution < 1.29 is 19.4 Å². The summed E-state index contributed by atoms with van der Waals surface area (Å²) in [5, 5.41) is 22.3. The molecule has 5 rings (SSSR count). The van der Waals surface area contributed by atoms with Crippen molar-refractivity contribution in [3.63, 3.8) is 0 Å². The molecule has 2 amide bonds. The number of carbonyl (C=O) groups is 2. The van der Waals surface area contributed by atoms with Crippen molar-refractivity contribution >= 4 is 28.3 Å². The molecule has 1 saturated carbocycles. The first-order valence-electron chi connectivity index (χ1n) is 13.5. The van der Waals surface area contributed by atoms with Gasteiger partial charge in [-0.05, 0) is 50.7 Å². The number of carbonyl (C=O) groups excluding carboxylic acids is 2. The summed E-state index contributed by atoms with van der Waals surface area (Å²) in [6, 6.07) is 14.6. The van der Waals surface area contributed by atoms with E-state index < -0.39 is 28.8 Å². The summed E-state index contributed by atoms with van der Waals surface area (Å²) in [6.45, 7) is 9.94. The van der Waals surface area contributed by atoms with Crippen LogP contribution in [0, 0.1) is 35.5 Å². The Bertz CT molecular complexity index is 1510. The van der Waals surface area contributed by atoms with Crippen LogP contribution in [-0.2, 0) is 9.59 Å². The van der Waals surface area contributed by atoms with Crippen molar-refractivity contribution in [1.29, 1.82) is 5.26 Å². The van der Waals surface area contributed by atoms with Crippen molar-refractivity contribution in [2.45, 2.75) is 65.4 Å². The number of anilines is 1. The molecule has 0 radical (unpaired) electrons. The minimum Gasteiger partial charge on any atom is -0.478 e. The highest BCUT2D eigenvalue weighted by Crippen LogP contribution is 2.55. The van der Waals surface area contributed by atoms with Gasteiger partial charge in [-0.3, -0.25) is 9.59 Å². The maximum atomic E-state index is 14.1. The van der Waals surface area contributed by atoms with Crippen LogP contribution in [0.15, 0.2) is 42.5 Å². The van der Waals surface area contributed by atoms with E-state index in [9.17, 15) is 20.0 Å². The fourth-order valence-corrected chi connectivity index (χ4v) is 6.22. The van der Waals surface area contributed by atoms with Gasteiger partial charge in [0.05, 0.1) is 41.4 Å². The molecule has 39 heavy (non-hydrogen) atoms. The monoisotopic (exact) mass is 526 g/mol. The van der Waals surface area contributed by atoms with Crippen LogP contribution >= 0.6 is 0 Å². The summed E-state index contributed by atoms with van der Waals surface area (Å²) in [4.78, 5) is 38.3. The van der Waals surface area contributed by atoms with Crippen molar-refractivity contribution in [3.05, 3.63) is 59.5 Å². The molecule has 2 heterocycles. The van der Waals surface area contributed by atoms with Crippen LogP contribution in [0.25, 0.3) is 10.8 Å². The fraction of sp³-hybridized carbons (Fsp3) is 0.452. The van der Waals surface area contributed by atoms with E-state index in [4.69, 9.17) is 4.74 Å². The molecule has 0 bridgehead atoms. The number of nitriles is 1. The van der Waals surface area contributed by atoms with Gasteiger partial charge in [0.1, 0.15) is 5.82 Å². The SMILES string of the molecule is Cc1cc(OCC[C@]2(C)CC[C@@](C)(O)[C@H]3C(=O)N(c4ccc(C#N)c5ccccc45)C(=O)[C@H]32)nc(C(C)C)n1. The topological polar surface area (TPSA) is 116 Å². The molecule has 1 aromatic heterocycles. The van der Waals surface area contributed by atoms with Crippen LogP contribution in [0.1, 0.15) is 70.0 Å². The van der Waals surface area contributed by atoms with Gasteiger partial charge < -0.3 is 9.84 Å². The summed E-state index contributed by atoms with van der Waals surface area (Å²) in [6.07, 6.45) is 1.49. The quantitative estimate of drug-likeness (QED) is 0.446. The third-order valence-electron chi connectivity index (χ3n) is 8.48. The predicted octanol–water partition coefficient (Wildman–Crippen LogP) is 5.06. The van der Waals surface area contributed by atoms with Crippen molar-refractivity contribution in [2.24, 2.45) is 17.3 Å². The molecule has 1 aliphatic carbocycles. The molecule has 1 aliphatic heterocycles. The van der Waals surface area contributed by atoms with Crippen LogP contribution in [0.3, 0.4) is 0 Å². The lowest BCUT2D eigenvalue weighted by atomic mass is 9.57. The molecule has 202 valence electrons. The van der Waals surface area contributed by atoms with Gasteiger partial charge in [0.2, 0.25) is 17.7 Å². The number of ether oxygens (including phenoxy) is 1. The van der Waals surface area contributed by atoms with Crippen molar-refractivity contribution in [1.82, 2.24) is 9.97 Å². The minimum atomic E-state index is -1.31. The van der Waals surface area contributed by atoms with Crippen LogP contribution < -0.4 is 9.64 Å².